The second-order valence-electron chi connectivity index (χ2n) is 6.75. The van der Waals surface area contributed by atoms with Gasteiger partial charge in [0, 0.05) is 6.04 Å². The maximum Gasteiger partial charge on any atom is 0.259 e. The molecule has 1 aliphatic heterocycles. The average molecular weight is 444 g/mol. The van der Waals surface area contributed by atoms with Crippen molar-refractivity contribution in [1.29, 1.82) is 0 Å². The molecule has 0 aromatic heterocycles. The van der Waals surface area contributed by atoms with Gasteiger partial charge in [-0.1, -0.05) is 45.4 Å². The van der Waals surface area contributed by atoms with Gasteiger partial charge in [-0.2, -0.15) is 0 Å². The van der Waals surface area contributed by atoms with Crippen LogP contribution in [-0.2, 0) is 28.7 Å². The Morgan fingerprint density at radius 2 is 1.65 bits per heavy atom. The largest absolute Gasteiger partial charge is 0.311 e. The van der Waals surface area contributed by atoms with Crippen LogP contribution in [0.2, 0.25) is 0 Å². The van der Waals surface area contributed by atoms with Crippen LogP contribution >= 0.6 is 28.9 Å². The number of hydrogen-bond acceptors (Lipinski definition) is 7. The van der Waals surface area contributed by atoms with E-state index >= 15 is 0 Å². The summed E-state index contributed by atoms with van der Waals surface area (Å²) in [6.45, 7) is 1.99. The molecule has 1 aliphatic carbocycles. The summed E-state index contributed by atoms with van der Waals surface area (Å²) in [5.74, 6) is -0.600. The van der Waals surface area contributed by atoms with Crippen molar-refractivity contribution in [3.63, 3.8) is 0 Å². The van der Waals surface area contributed by atoms with Crippen molar-refractivity contribution < 1.29 is 21.9 Å². The molecule has 0 N–H and O–H groups in total. The Bertz CT molecular complexity index is 532. The van der Waals surface area contributed by atoms with E-state index in [1.54, 1.807) is 4.31 Å². The molecule has 0 aromatic rings. The highest BCUT2D eigenvalue weighted by atomic mass is 33.1. The highest BCUT2D eigenvalue weighted by molar-refractivity contribution is 8.89. The molecule has 152 valence electrons. The third kappa shape index (κ3) is 5.09. The minimum Gasteiger partial charge on any atom is -0.311 e. The third-order valence-corrected chi connectivity index (χ3v) is 15.1. The second-order valence-corrected chi connectivity index (χ2v) is 16.0. The molecule has 0 aromatic carbocycles. The van der Waals surface area contributed by atoms with Gasteiger partial charge in [-0.15, -0.1) is 0 Å². The Morgan fingerprint density at radius 1 is 1.12 bits per heavy atom. The van der Waals surface area contributed by atoms with E-state index in [4.69, 9.17) is 8.37 Å². The minimum atomic E-state index is -3.23. The van der Waals surface area contributed by atoms with Gasteiger partial charge in [0.25, 0.3) is 5.55 Å². The molecule has 26 heavy (non-hydrogen) atoms. The molecular weight excluding hydrogens is 413 g/mol. The van der Waals surface area contributed by atoms with Crippen molar-refractivity contribution in [3.8, 4) is 0 Å². The van der Waals surface area contributed by atoms with Crippen molar-refractivity contribution in [3.05, 3.63) is 0 Å². The Labute approximate surface area is 167 Å². The molecule has 1 heterocycles. The van der Waals surface area contributed by atoms with Crippen LogP contribution < -0.4 is 0 Å². The van der Waals surface area contributed by atoms with Gasteiger partial charge in [0.05, 0.1) is 43.5 Å². The Morgan fingerprint density at radius 3 is 2.15 bits per heavy atom. The van der Waals surface area contributed by atoms with Crippen LogP contribution in [0.3, 0.4) is 0 Å². The summed E-state index contributed by atoms with van der Waals surface area (Å²) in [5.41, 5.74) is -3.23. The van der Waals surface area contributed by atoms with Gasteiger partial charge >= 0.3 is 0 Å². The van der Waals surface area contributed by atoms with Crippen molar-refractivity contribution in [2.45, 2.75) is 75.7 Å². The second kappa shape index (κ2) is 10.9. The number of nitrogens with zero attached hydrogens (tertiary/aromatic N) is 1. The normalized spacial score (nSPS) is 29.0. The van der Waals surface area contributed by atoms with Gasteiger partial charge < -0.3 is 8.37 Å². The molecule has 0 radical (unpaired) electrons. The van der Waals surface area contributed by atoms with E-state index in [9.17, 15) is 13.6 Å². The third-order valence-electron chi connectivity index (χ3n) is 4.95. The lowest BCUT2D eigenvalue weighted by Crippen LogP contribution is -2.38. The SMILES string of the molecule is CCCC1C(=O)N(C2CCCCCCC2)S(=O)C1P(=O)(SOC)SOC. The van der Waals surface area contributed by atoms with E-state index < -0.39 is 27.4 Å². The average Bonchev–Trinajstić information content (AvgIpc) is 2.80. The summed E-state index contributed by atoms with van der Waals surface area (Å²) in [4.78, 5) is 12.4. The molecule has 2 aliphatic rings. The molecule has 2 fully saturated rings. The molecule has 6 nitrogen and oxygen atoms in total. The summed E-state index contributed by atoms with van der Waals surface area (Å²) in [6, 6.07) is -0.0125. The predicted octanol–water partition coefficient (Wildman–Crippen LogP) is 5.13. The molecule has 3 unspecified atom stereocenters. The minimum absolute atomic E-state index is 0.0125. The van der Waals surface area contributed by atoms with E-state index in [0.717, 1.165) is 68.3 Å². The van der Waals surface area contributed by atoms with Crippen molar-refractivity contribution in [1.82, 2.24) is 4.31 Å². The van der Waals surface area contributed by atoms with Gasteiger partial charge in [0.2, 0.25) is 5.91 Å². The maximum atomic E-state index is 13.5. The molecule has 2 rings (SSSR count). The van der Waals surface area contributed by atoms with Crippen LogP contribution in [0, 0.1) is 5.92 Å². The van der Waals surface area contributed by atoms with E-state index in [2.05, 4.69) is 0 Å². The first kappa shape index (κ1) is 22.8. The Balaban J connectivity index is 2.33. The standard InChI is InChI=1S/C16H30NO5PS3/c1-4-10-14-15(18)17(13-11-8-6-5-7-9-12-13)26(20)16(14)23(19,24-21-2)25-22-3/h13-14,16H,4-12H2,1-3H3. The molecule has 0 bridgehead atoms. The molecular formula is C16H30NO5PS3. The predicted molar refractivity (Wildman–Crippen MR) is 110 cm³/mol. The zero-order valence-corrected chi connectivity index (χ0v) is 19.1. The molecule has 0 spiro atoms. The van der Waals surface area contributed by atoms with Crippen LogP contribution in [0.25, 0.3) is 0 Å². The van der Waals surface area contributed by atoms with Crippen LogP contribution in [0.15, 0.2) is 0 Å². The maximum absolute atomic E-state index is 13.5. The first-order valence-electron chi connectivity index (χ1n) is 9.28. The van der Waals surface area contributed by atoms with Gasteiger partial charge in [0.15, 0.2) is 0 Å². The topological polar surface area (TPSA) is 72.9 Å². The molecule has 1 amide bonds. The number of rotatable bonds is 8. The van der Waals surface area contributed by atoms with Crippen LogP contribution in [0.1, 0.15) is 64.7 Å². The fourth-order valence-corrected chi connectivity index (χ4v) is 13.9. The molecule has 3 atom stereocenters. The molecule has 10 heteroatoms. The van der Waals surface area contributed by atoms with E-state index in [-0.39, 0.29) is 11.9 Å². The highest BCUT2D eigenvalue weighted by Gasteiger charge is 2.57. The van der Waals surface area contributed by atoms with Gasteiger partial charge in [-0.3, -0.25) is 13.7 Å². The summed E-state index contributed by atoms with van der Waals surface area (Å²) in [5, 5.41) is 0. The summed E-state index contributed by atoms with van der Waals surface area (Å²) < 4.78 is 38.7. The quantitative estimate of drug-likeness (QED) is 0.380. The number of carbonyl (C=O) groups is 1. The van der Waals surface area contributed by atoms with Crippen LogP contribution in [-0.4, -0.2) is 39.7 Å². The lowest BCUT2D eigenvalue weighted by atomic mass is 9.96. The molecule has 1 saturated heterocycles. The summed E-state index contributed by atoms with van der Waals surface area (Å²) >= 11 is 1.63. The fraction of sp³-hybridized carbons (Fsp3) is 0.938. The smallest absolute Gasteiger partial charge is 0.259 e. The highest BCUT2D eigenvalue weighted by Crippen LogP contribution is 2.76. The lowest BCUT2D eigenvalue weighted by molar-refractivity contribution is -0.130. The van der Waals surface area contributed by atoms with E-state index in [1.807, 2.05) is 6.92 Å². The number of amides is 1. The number of carbonyl (C=O) groups excluding carboxylic acids is 1. The molecule has 1 saturated carbocycles. The summed E-state index contributed by atoms with van der Waals surface area (Å²) in [7, 11) is 1.25. The van der Waals surface area contributed by atoms with Crippen molar-refractivity contribution in [2.24, 2.45) is 5.92 Å². The monoisotopic (exact) mass is 443 g/mol. The van der Waals surface area contributed by atoms with E-state index in [1.165, 1.54) is 20.6 Å². The zero-order chi connectivity index (χ0) is 19.2. The first-order chi connectivity index (χ1) is 12.5. The van der Waals surface area contributed by atoms with Crippen molar-refractivity contribution >= 4 is 45.8 Å². The first-order valence-corrected chi connectivity index (χ1v) is 14.9. The van der Waals surface area contributed by atoms with Gasteiger partial charge in [-0.05, 0) is 19.3 Å². The zero-order valence-electron chi connectivity index (χ0n) is 15.8. The summed E-state index contributed by atoms with van der Waals surface area (Å²) in [6.07, 6.45) is 8.75. The van der Waals surface area contributed by atoms with Crippen molar-refractivity contribution in [2.75, 3.05) is 14.2 Å². The fourth-order valence-electron chi connectivity index (χ4n) is 3.84. The Kier molecular flexibility index (Phi) is 9.51. The Hall–Kier alpha value is 0.470. The number of hydrogen-bond donors (Lipinski definition) is 0. The van der Waals surface area contributed by atoms with Crippen LogP contribution in [0.4, 0.5) is 0 Å². The van der Waals surface area contributed by atoms with Gasteiger partial charge in [-0.25, -0.2) is 4.21 Å². The lowest BCUT2D eigenvalue weighted by Gasteiger charge is -2.29. The van der Waals surface area contributed by atoms with E-state index in [0.29, 0.717) is 6.42 Å². The van der Waals surface area contributed by atoms with Gasteiger partial charge in [0.1, 0.15) is 16.0 Å². The van der Waals surface area contributed by atoms with Crippen LogP contribution in [0.5, 0.6) is 0 Å².